The zero-order valence-electron chi connectivity index (χ0n) is 21.3. The predicted octanol–water partition coefficient (Wildman–Crippen LogP) is 6.13. The molecule has 0 aliphatic rings. The van der Waals surface area contributed by atoms with E-state index >= 15 is 0 Å². The summed E-state index contributed by atoms with van der Waals surface area (Å²) < 4.78 is 24.7. The van der Waals surface area contributed by atoms with Gasteiger partial charge in [0.05, 0.1) is 17.5 Å². The summed E-state index contributed by atoms with van der Waals surface area (Å²) in [6.45, 7) is 0. The Balaban J connectivity index is 1.63. The summed E-state index contributed by atoms with van der Waals surface area (Å²) >= 11 is 0. The van der Waals surface area contributed by atoms with Gasteiger partial charge in [-0.2, -0.15) is 0 Å². The average Bonchev–Trinajstić information content (AvgIpc) is 2.93. The molecule has 0 fully saturated rings. The Labute approximate surface area is 230 Å². The standard InChI is InChI=1S/C30H29FNO7P/c31-23-14-9-21(10-15-23)28(33)8-4-7-27(32(30(35)36)24-5-2-1-3-6-24)26-18-13-22(19-29(26)34)20-11-16-25(17-12-20)40(37,38)39/h1-3,5-6,9-19,27-28,33-34H,4,7-8H2,(H,35,36)(H2,37,38,39). The molecule has 0 radical (unpaired) electrons. The van der Waals surface area contributed by atoms with Gasteiger partial charge in [-0.25, -0.2) is 9.18 Å². The van der Waals surface area contributed by atoms with E-state index in [1.807, 2.05) is 0 Å². The molecule has 0 saturated heterocycles. The van der Waals surface area contributed by atoms with E-state index < -0.39 is 31.7 Å². The van der Waals surface area contributed by atoms with E-state index in [2.05, 4.69) is 0 Å². The minimum atomic E-state index is -4.39. The molecule has 0 aliphatic heterocycles. The summed E-state index contributed by atoms with van der Waals surface area (Å²) in [4.78, 5) is 32.4. The number of hydrogen-bond acceptors (Lipinski definition) is 4. The molecular weight excluding hydrogens is 536 g/mol. The van der Waals surface area contributed by atoms with Crippen LogP contribution in [0.15, 0.2) is 97.1 Å². The van der Waals surface area contributed by atoms with Crippen molar-refractivity contribution in [1.29, 1.82) is 0 Å². The molecule has 0 heterocycles. The molecule has 4 aromatic rings. The van der Waals surface area contributed by atoms with Gasteiger partial charge in [-0.3, -0.25) is 9.46 Å². The molecule has 0 aliphatic carbocycles. The van der Waals surface area contributed by atoms with Gasteiger partial charge in [-0.1, -0.05) is 54.6 Å². The average molecular weight is 566 g/mol. The fourth-order valence-electron chi connectivity index (χ4n) is 4.65. The Morgan fingerprint density at radius 3 is 2.05 bits per heavy atom. The number of carboxylic acid groups (broad SMARTS) is 1. The number of amides is 1. The fourth-order valence-corrected chi connectivity index (χ4v) is 5.18. The second-order valence-corrected chi connectivity index (χ2v) is 11.0. The summed E-state index contributed by atoms with van der Waals surface area (Å²) in [5.41, 5.74) is 2.50. The molecule has 5 N–H and O–H groups in total. The molecule has 2 unspecified atom stereocenters. The number of phenols is 1. The van der Waals surface area contributed by atoms with E-state index in [-0.39, 0.29) is 23.9 Å². The Kier molecular flexibility index (Phi) is 9.02. The van der Waals surface area contributed by atoms with Crippen molar-refractivity contribution in [3.05, 3.63) is 114 Å². The minimum Gasteiger partial charge on any atom is -0.508 e. The number of carbonyl (C=O) groups is 1. The first kappa shape index (κ1) is 29.0. The highest BCUT2D eigenvalue weighted by atomic mass is 31.2. The third-order valence-electron chi connectivity index (χ3n) is 6.69. The first-order valence-electron chi connectivity index (χ1n) is 12.5. The van der Waals surface area contributed by atoms with Crippen LogP contribution in [0.25, 0.3) is 11.1 Å². The zero-order chi connectivity index (χ0) is 28.9. The number of para-hydroxylation sites is 1. The second kappa shape index (κ2) is 12.4. The molecule has 0 spiro atoms. The highest BCUT2D eigenvalue weighted by Gasteiger charge is 2.29. The monoisotopic (exact) mass is 565 g/mol. The number of aliphatic hydroxyl groups excluding tert-OH is 1. The van der Waals surface area contributed by atoms with E-state index in [9.17, 15) is 38.9 Å². The van der Waals surface area contributed by atoms with Crippen LogP contribution in [-0.4, -0.2) is 31.2 Å². The van der Waals surface area contributed by atoms with Crippen LogP contribution in [0.2, 0.25) is 0 Å². The maximum atomic E-state index is 13.3. The van der Waals surface area contributed by atoms with E-state index in [1.54, 1.807) is 42.5 Å². The molecule has 4 aromatic carbocycles. The van der Waals surface area contributed by atoms with Crippen LogP contribution in [0, 0.1) is 5.82 Å². The van der Waals surface area contributed by atoms with Crippen molar-refractivity contribution < 1.29 is 38.9 Å². The van der Waals surface area contributed by atoms with Gasteiger partial charge >= 0.3 is 13.7 Å². The third kappa shape index (κ3) is 6.94. The molecule has 1 amide bonds. The molecular formula is C30H29FNO7P. The van der Waals surface area contributed by atoms with E-state index in [1.165, 1.54) is 59.5 Å². The van der Waals surface area contributed by atoms with Crippen LogP contribution in [0.1, 0.15) is 42.5 Å². The summed E-state index contributed by atoms with van der Waals surface area (Å²) in [5, 5.41) is 31.7. The normalized spacial score (nSPS) is 13.0. The van der Waals surface area contributed by atoms with Gasteiger partial charge in [0.2, 0.25) is 0 Å². The van der Waals surface area contributed by atoms with E-state index in [4.69, 9.17) is 0 Å². The smallest absolute Gasteiger partial charge is 0.412 e. The lowest BCUT2D eigenvalue weighted by Crippen LogP contribution is -2.34. The van der Waals surface area contributed by atoms with Crippen LogP contribution < -0.4 is 10.2 Å². The van der Waals surface area contributed by atoms with E-state index in [0.717, 1.165) is 0 Å². The zero-order valence-corrected chi connectivity index (χ0v) is 22.2. The molecule has 10 heteroatoms. The summed E-state index contributed by atoms with van der Waals surface area (Å²) in [5.74, 6) is -0.560. The lowest BCUT2D eigenvalue weighted by molar-refractivity contribution is 0.162. The van der Waals surface area contributed by atoms with Crippen molar-refractivity contribution in [2.24, 2.45) is 0 Å². The highest BCUT2D eigenvalue weighted by molar-refractivity contribution is 7.60. The Hall–Kier alpha value is -4.01. The molecule has 2 atom stereocenters. The molecule has 4 rings (SSSR count). The third-order valence-corrected chi connectivity index (χ3v) is 7.66. The Bertz CT molecular complexity index is 1490. The number of halogens is 1. The van der Waals surface area contributed by atoms with Crippen molar-refractivity contribution in [3.8, 4) is 16.9 Å². The fraction of sp³-hybridized carbons (Fsp3) is 0.167. The first-order chi connectivity index (χ1) is 19.0. The summed E-state index contributed by atoms with van der Waals surface area (Å²) in [7, 11) is -4.39. The number of benzene rings is 4. The number of aromatic hydroxyl groups is 1. The maximum absolute atomic E-state index is 13.3. The SMILES string of the molecule is O=C(O)N(c1ccccc1)C(CCCC(O)c1ccc(F)cc1)c1ccc(-c2ccc(P(=O)(O)O)cc2)cc1O. The number of rotatable bonds is 10. The first-order valence-corrected chi connectivity index (χ1v) is 14.2. The largest absolute Gasteiger partial charge is 0.508 e. The van der Waals surface area contributed by atoms with Crippen molar-refractivity contribution in [2.45, 2.75) is 31.4 Å². The molecule has 40 heavy (non-hydrogen) atoms. The predicted molar refractivity (Wildman–Crippen MR) is 150 cm³/mol. The van der Waals surface area contributed by atoms with Crippen LogP contribution >= 0.6 is 7.60 Å². The van der Waals surface area contributed by atoms with Crippen LogP contribution in [0.3, 0.4) is 0 Å². The topological polar surface area (TPSA) is 139 Å². The van der Waals surface area contributed by atoms with Gasteiger partial charge in [-0.05, 0) is 78.4 Å². The summed E-state index contributed by atoms with van der Waals surface area (Å²) in [6.07, 6.45) is -1.14. The van der Waals surface area contributed by atoms with Gasteiger partial charge in [0, 0.05) is 11.3 Å². The molecule has 8 nitrogen and oxygen atoms in total. The number of hydrogen-bond donors (Lipinski definition) is 5. The summed E-state index contributed by atoms with van der Waals surface area (Å²) in [6, 6.07) is 23.7. The maximum Gasteiger partial charge on any atom is 0.412 e. The Morgan fingerprint density at radius 1 is 0.850 bits per heavy atom. The van der Waals surface area contributed by atoms with Crippen LogP contribution in [-0.2, 0) is 4.57 Å². The Morgan fingerprint density at radius 2 is 1.48 bits per heavy atom. The quantitative estimate of drug-likeness (QED) is 0.146. The van der Waals surface area contributed by atoms with Gasteiger partial charge in [-0.15, -0.1) is 0 Å². The van der Waals surface area contributed by atoms with Crippen molar-refractivity contribution in [1.82, 2.24) is 0 Å². The second-order valence-electron chi connectivity index (χ2n) is 9.37. The number of aliphatic hydroxyl groups is 1. The van der Waals surface area contributed by atoms with Crippen molar-refractivity contribution in [3.63, 3.8) is 0 Å². The van der Waals surface area contributed by atoms with Gasteiger partial charge in [0.15, 0.2) is 0 Å². The van der Waals surface area contributed by atoms with Gasteiger partial charge < -0.3 is 25.1 Å². The highest BCUT2D eigenvalue weighted by Crippen LogP contribution is 2.39. The molecule has 208 valence electrons. The number of anilines is 1. The van der Waals surface area contributed by atoms with Gasteiger partial charge in [0.1, 0.15) is 11.6 Å². The van der Waals surface area contributed by atoms with Crippen LogP contribution in [0.5, 0.6) is 5.75 Å². The van der Waals surface area contributed by atoms with E-state index in [0.29, 0.717) is 34.4 Å². The molecule has 0 saturated carbocycles. The van der Waals surface area contributed by atoms with Crippen molar-refractivity contribution >= 4 is 24.7 Å². The number of phenolic OH excluding ortho intramolecular Hbond substituents is 1. The molecule has 0 bridgehead atoms. The minimum absolute atomic E-state index is 0.125. The lowest BCUT2D eigenvalue weighted by atomic mass is 9.93. The van der Waals surface area contributed by atoms with Gasteiger partial charge in [0.25, 0.3) is 0 Å². The lowest BCUT2D eigenvalue weighted by Gasteiger charge is -2.31. The van der Waals surface area contributed by atoms with Crippen LogP contribution in [0.4, 0.5) is 14.9 Å². The van der Waals surface area contributed by atoms with Crippen molar-refractivity contribution in [2.75, 3.05) is 4.90 Å². The number of nitrogens with zero attached hydrogens (tertiary/aromatic N) is 1. The molecule has 0 aromatic heterocycles.